The Hall–Kier alpha value is -2.45. The van der Waals surface area contributed by atoms with Crippen LogP contribution in [-0.2, 0) is 16.1 Å². The highest BCUT2D eigenvalue weighted by atomic mass is 35.5. The SMILES string of the molecule is Cc1cc(=O)n2nc(COC(=O)COc3ccc(Cl)c(C)c3)sc2n1. The van der Waals surface area contributed by atoms with Gasteiger partial charge in [0.1, 0.15) is 12.4 Å². The Bertz CT molecular complexity index is 999. The molecule has 0 fully saturated rings. The number of ether oxygens (including phenoxy) is 2. The van der Waals surface area contributed by atoms with Crippen LogP contribution in [0.15, 0.2) is 29.1 Å². The first-order valence-electron chi connectivity index (χ1n) is 7.33. The molecule has 0 saturated heterocycles. The van der Waals surface area contributed by atoms with Crippen molar-refractivity contribution >= 4 is 33.9 Å². The van der Waals surface area contributed by atoms with Gasteiger partial charge in [-0.2, -0.15) is 9.61 Å². The summed E-state index contributed by atoms with van der Waals surface area (Å²) >= 11 is 7.13. The minimum atomic E-state index is -0.539. The van der Waals surface area contributed by atoms with Crippen molar-refractivity contribution in [2.45, 2.75) is 20.5 Å². The number of rotatable bonds is 5. The molecule has 0 atom stereocenters. The van der Waals surface area contributed by atoms with Gasteiger partial charge in [0.2, 0.25) is 4.96 Å². The van der Waals surface area contributed by atoms with Gasteiger partial charge in [-0.3, -0.25) is 4.79 Å². The quantitative estimate of drug-likeness (QED) is 0.633. The van der Waals surface area contributed by atoms with E-state index in [9.17, 15) is 9.59 Å². The number of carbonyl (C=O) groups excluding carboxylic acids is 1. The zero-order valence-corrected chi connectivity index (χ0v) is 15.1. The van der Waals surface area contributed by atoms with Crippen LogP contribution in [0.2, 0.25) is 5.02 Å². The Labute approximate surface area is 151 Å². The maximum atomic E-state index is 11.8. The van der Waals surface area contributed by atoms with Gasteiger partial charge in [0.25, 0.3) is 5.56 Å². The van der Waals surface area contributed by atoms with Crippen LogP contribution >= 0.6 is 22.9 Å². The molecule has 25 heavy (non-hydrogen) atoms. The summed E-state index contributed by atoms with van der Waals surface area (Å²) < 4.78 is 11.7. The number of aromatic nitrogens is 3. The Morgan fingerprint density at radius 3 is 2.88 bits per heavy atom. The maximum absolute atomic E-state index is 11.8. The van der Waals surface area contributed by atoms with E-state index in [4.69, 9.17) is 21.1 Å². The van der Waals surface area contributed by atoms with E-state index in [1.165, 1.54) is 21.9 Å². The zero-order chi connectivity index (χ0) is 18.0. The topological polar surface area (TPSA) is 82.8 Å². The monoisotopic (exact) mass is 379 g/mol. The van der Waals surface area contributed by atoms with Crippen LogP contribution in [0.25, 0.3) is 4.96 Å². The molecule has 2 heterocycles. The molecular weight excluding hydrogens is 366 g/mol. The Morgan fingerprint density at radius 1 is 1.32 bits per heavy atom. The molecule has 0 saturated carbocycles. The summed E-state index contributed by atoms with van der Waals surface area (Å²) in [6, 6.07) is 6.51. The van der Waals surface area contributed by atoms with E-state index < -0.39 is 5.97 Å². The molecule has 0 bridgehead atoms. The molecule has 1 aromatic carbocycles. The van der Waals surface area contributed by atoms with Gasteiger partial charge >= 0.3 is 5.97 Å². The molecule has 0 aliphatic rings. The minimum Gasteiger partial charge on any atom is -0.482 e. The van der Waals surface area contributed by atoms with Gasteiger partial charge in [0, 0.05) is 16.8 Å². The van der Waals surface area contributed by atoms with Crippen LogP contribution in [0.5, 0.6) is 5.75 Å². The third kappa shape index (κ3) is 4.15. The Kier molecular flexibility index (Phi) is 5.00. The van der Waals surface area contributed by atoms with Crippen LogP contribution < -0.4 is 10.3 Å². The lowest BCUT2D eigenvalue weighted by molar-refractivity contribution is -0.147. The number of benzene rings is 1. The highest BCUT2D eigenvalue weighted by Gasteiger charge is 2.11. The fraction of sp³-hybridized carbons (Fsp3) is 0.250. The lowest BCUT2D eigenvalue weighted by atomic mass is 10.2. The molecule has 0 radical (unpaired) electrons. The number of esters is 1. The van der Waals surface area contributed by atoms with Gasteiger partial charge in [-0.05, 0) is 37.6 Å². The zero-order valence-electron chi connectivity index (χ0n) is 13.5. The van der Waals surface area contributed by atoms with Crippen molar-refractivity contribution in [3.63, 3.8) is 0 Å². The van der Waals surface area contributed by atoms with E-state index >= 15 is 0 Å². The molecule has 0 aliphatic heterocycles. The van der Waals surface area contributed by atoms with Crippen molar-refractivity contribution in [2.75, 3.05) is 6.61 Å². The summed E-state index contributed by atoms with van der Waals surface area (Å²) in [4.78, 5) is 28.3. The summed E-state index contributed by atoms with van der Waals surface area (Å²) in [5.41, 5.74) is 1.21. The Morgan fingerprint density at radius 2 is 2.12 bits per heavy atom. The summed E-state index contributed by atoms with van der Waals surface area (Å²) in [5, 5.41) is 5.20. The fourth-order valence-corrected chi connectivity index (χ4v) is 3.03. The number of hydrogen-bond donors (Lipinski definition) is 0. The van der Waals surface area contributed by atoms with Gasteiger partial charge in [0.05, 0.1) is 0 Å². The molecule has 130 valence electrons. The summed E-state index contributed by atoms with van der Waals surface area (Å²) in [5.74, 6) is -0.00610. The predicted octanol–water partition coefficient (Wildman–Crippen LogP) is 2.54. The second kappa shape index (κ2) is 7.20. The van der Waals surface area contributed by atoms with E-state index in [2.05, 4.69) is 10.1 Å². The summed E-state index contributed by atoms with van der Waals surface area (Å²) in [7, 11) is 0. The first-order valence-corrected chi connectivity index (χ1v) is 8.53. The van der Waals surface area contributed by atoms with Crippen molar-refractivity contribution in [1.82, 2.24) is 14.6 Å². The van der Waals surface area contributed by atoms with Gasteiger partial charge < -0.3 is 9.47 Å². The van der Waals surface area contributed by atoms with Crippen molar-refractivity contribution in [2.24, 2.45) is 0 Å². The van der Waals surface area contributed by atoms with E-state index in [-0.39, 0.29) is 18.8 Å². The lowest BCUT2D eigenvalue weighted by Crippen LogP contribution is -2.16. The van der Waals surface area contributed by atoms with Crippen LogP contribution in [0.4, 0.5) is 0 Å². The van der Waals surface area contributed by atoms with E-state index in [0.29, 0.717) is 26.4 Å². The molecule has 3 aromatic rings. The van der Waals surface area contributed by atoms with Crippen LogP contribution in [0.1, 0.15) is 16.3 Å². The molecule has 0 amide bonds. The number of aryl methyl sites for hydroxylation is 2. The van der Waals surface area contributed by atoms with Gasteiger partial charge in [-0.25, -0.2) is 9.78 Å². The number of fused-ring (bicyclic) bond motifs is 1. The van der Waals surface area contributed by atoms with E-state index in [0.717, 1.165) is 5.56 Å². The molecule has 2 aromatic heterocycles. The maximum Gasteiger partial charge on any atom is 0.344 e. The molecule has 0 N–H and O–H groups in total. The molecule has 0 aliphatic carbocycles. The summed E-state index contributed by atoms with van der Waals surface area (Å²) in [6.07, 6.45) is 0. The standard InChI is InChI=1S/C16H14ClN3O4S/c1-9-5-11(3-4-12(9)17)23-8-15(22)24-7-13-19-20-14(21)6-10(2)18-16(20)25-13/h3-6H,7-8H2,1-2H3. The van der Waals surface area contributed by atoms with E-state index in [1.54, 1.807) is 25.1 Å². The van der Waals surface area contributed by atoms with Crippen molar-refractivity contribution in [3.05, 3.63) is 55.9 Å². The Balaban J connectivity index is 1.58. The normalized spacial score (nSPS) is 10.8. The summed E-state index contributed by atoms with van der Waals surface area (Å²) in [6.45, 7) is 3.30. The van der Waals surface area contributed by atoms with Crippen molar-refractivity contribution in [1.29, 1.82) is 0 Å². The predicted molar refractivity (Wildman–Crippen MR) is 93.4 cm³/mol. The van der Waals surface area contributed by atoms with E-state index in [1.807, 2.05) is 6.92 Å². The number of nitrogens with zero attached hydrogens (tertiary/aromatic N) is 3. The number of halogens is 1. The molecule has 7 nitrogen and oxygen atoms in total. The van der Waals surface area contributed by atoms with Gasteiger partial charge in [0.15, 0.2) is 11.6 Å². The average Bonchev–Trinajstić information content (AvgIpc) is 2.97. The third-order valence-corrected chi connectivity index (χ3v) is 4.56. The molecule has 0 unspecified atom stereocenters. The third-order valence-electron chi connectivity index (χ3n) is 3.26. The second-order valence-corrected chi connectivity index (χ2v) is 6.73. The molecular formula is C16H14ClN3O4S. The highest BCUT2D eigenvalue weighted by molar-refractivity contribution is 7.16. The average molecular weight is 380 g/mol. The largest absolute Gasteiger partial charge is 0.482 e. The van der Waals surface area contributed by atoms with Crippen molar-refractivity contribution < 1.29 is 14.3 Å². The van der Waals surface area contributed by atoms with Gasteiger partial charge in [-0.15, -0.1) is 0 Å². The molecule has 9 heteroatoms. The highest BCUT2D eigenvalue weighted by Crippen LogP contribution is 2.21. The van der Waals surface area contributed by atoms with Crippen molar-refractivity contribution in [3.8, 4) is 5.75 Å². The minimum absolute atomic E-state index is 0.0473. The molecule has 0 spiro atoms. The van der Waals surface area contributed by atoms with Crippen LogP contribution in [0, 0.1) is 13.8 Å². The fourth-order valence-electron chi connectivity index (χ4n) is 2.05. The number of hydrogen-bond acceptors (Lipinski definition) is 7. The lowest BCUT2D eigenvalue weighted by Gasteiger charge is -2.07. The van der Waals surface area contributed by atoms with Gasteiger partial charge in [-0.1, -0.05) is 22.9 Å². The second-order valence-electron chi connectivity index (χ2n) is 5.29. The number of carbonyl (C=O) groups is 1. The first kappa shape index (κ1) is 17.4. The smallest absolute Gasteiger partial charge is 0.344 e. The molecule has 3 rings (SSSR count). The first-order chi connectivity index (χ1) is 11.9. The van der Waals surface area contributed by atoms with Crippen LogP contribution in [0.3, 0.4) is 0 Å². The van der Waals surface area contributed by atoms with Crippen LogP contribution in [-0.4, -0.2) is 27.2 Å².